The molecule has 0 bridgehead atoms. The van der Waals surface area contributed by atoms with E-state index in [0.29, 0.717) is 0 Å². The molecule has 3 heteroatoms. The average Bonchev–Trinajstić information content (AvgIpc) is 2.52. The largest absolute Gasteiger partial charge is 0.396 e. The minimum Gasteiger partial charge on any atom is -0.396 e. The summed E-state index contributed by atoms with van der Waals surface area (Å²) in [6, 6.07) is 0. The van der Waals surface area contributed by atoms with Gasteiger partial charge in [-0.3, -0.25) is 0 Å². The van der Waals surface area contributed by atoms with Gasteiger partial charge < -0.3 is 15.1 Å². The number of aliphatic hydroxyl groups is 2. The molecule has 2 N–H and O–H groups in total. The fourth-order valence-corrected chi connectivity index (χ4v) is 2.27. The summed E-state index contributed by atoms with van der Waals surface area (Å²) in [6.07, 6.45) is 6.13. The molecule has 1 aliphatic rings. The van der Waals surface area contributed by atoms with Crippen molar-refractivity contribution in [3.63, 3.8) is 0 Å². The summed E-state index contributed by atoms with van der Waals surface area (Å²) in [4.78, 5) is 2.18. The zero-order valence-corrected chi connectivity index (χ0v) is 9.21. The molecule has 0 heterocycles. The van der Waals surface area contributed by atoms with Crippen LogP contribution in [0.2, 0.25) is 0 Å². The molecular weight excluding hydrogens is 178 g/mol. The standard InChI is InChI=1S/C11H23NO2/c1-12(8-4-5-9-13)10-11(14)6-2-3-7-11/h13-14H,2-10H2,1H3. The van der Waals surface area contributed by atoms with Crippen molar-refractivity contribution < 1.29 is 10.2 Å². The molecular formula is C11H23NO2. The lowest BCUT2D eigenvalue weighted by atomic mass is 10.0. The molecule has 0 aliphatic heterocycles. The van der Waals surface area contributed by atoms with E-state index in [0.717, 1.165) is 38.8 Å². The van der Waals surface area contributed by atoms with Crippen molar-refractivity contribution in [2.24, 2.45) is 0 Å². The Hall–Kier alpha value is -0.120. The fraction of sp³-hybridized carbons (Fsp3) is 1.00. The quantitative estimate of drug-likeness (QED) is 0.630. The molecule has 0 atom stereocenters. The van der Waals surface area contributed by atoms with Crippen molar-refractivity contribution in [3.05, 3.63) is 0 Å². The van der Waals surface area contributed by atoms with Crippen LogP contribution in [0, 0.1) is 0 Å². The second-order valence-corrected chi connectivity index (χ2v) is 4.60. The van der Waals surface area contributed by atoms with Crippen LogP contribution in [0.1, 0.15) is 38.5 Å². The highest BCUT2D eigenvalue weighted by molar-refractivity contribution is 4.86. The summed E-state index contributed by atoms with van der Waals surface area (Å²) < 4.78 is 0. The fourth-order valence-electron chi connectivity index (χ4n) is 2.27. The van der Waals surface area contributed by atoms with Crippen LogP contribution in [-0.4, -0.2) is 47.5 Å². The van der Waals surface area contributed by atoms with Gasteiger partial charge in [0.25, 0.3) is 0 Å². The number of aliphatic hydroxyl groups excluding tert-OH is 1. The van der Waals surface area contributed by atoms with Gasteiger partial charge in [0.15, 0.2) is 0 Å². The van der Waals surface area contributed by atoms with Crippen molar-refractivity contribution in [2.75, 3.05) is 26.7 Å². The first-order valence-electron chi connectivity index (χ1n) is 5.68. The first-order chi connectivity index (χ1) is 6.66. The van der Waals surface area contributed by atoms with E-state index in [1.807, 2.05) is 7.05 Å². The Kier molecular flexibility index (Phi) is 4.85. The van der Waals surface area contributed by atoms with Gasteiger partial charge in [-0.1, -0.05) is 12.8 Å². The molecule has 0 saturated heterocycles. The smallest absolute Gasteiger partial charge is 0.0774 e. The Morgan fingerprint density at radius 1 is 1.21 bits per heavy atom. The molecule has 0 amide bonds. The molecule has 0 spiro atoms. The maximum atomic E-state index is 10.1. The summed E-state index contributed by atoms with van der Waals surface area (Å²) >= 11 is 0. The molecule has 0 radical (unpaired) electrons. The lowest BCUT2D eigenvalue weighted by molar-refractivity contribution is 0.0159. The number of rotatable bonds is 6. The van der Waals surface area contributed by atoms with Crippen LogP contribution in [0.3, 0.4) is 0 Å². The maximum absolute atomic E-state index is 10.1. The predicted octanol–water partition coefficient (Wildman–Crippen LogP) is 0.996. The first kappa shape index (κ1) is 12.0. The summed E-state index contributed by atoms with van der Waals surface area (Å²) in [5.74, 6) is 0. The second kappa shape index (κ2) is 5.69. The lowest BCUT2D eigenvalue weighted by Gasteiger charge is -2.28. The first-order valence-corrected chi connectivity index (χ1v) is 5.68. The highest BCUT2D eigenvalue weighted by atomic mass is 16.3. The number of hydrogen-bond acceptors (Lipinski definition) is 3. The molecule has 1 fully saturated rings. The van der Waals surface area contributed by atoms with Gasteiger partial charge in [0, 0.05) is 13.2 Å². The van der Waals surface area contributed by atoms with E-state index in [1.165, 1.54) is 12.8 Å². The third-order valence-electron chi connectivity index (χ3n) is 3.05. The Morgan fingerprint density at radius 2 is 1.86 bits per heavy atom. The average molecular weight is 201 g/mol. The second-order valence-electron chi connectivity index (χ2n) is 4.60. The molecule has 1 rings (SSSR count). The highest BCUT2D eigenvalue weighted by Gasteiger charge is 2.31. The van der Waals surface area contributed by atoms with Crippen LogP contribution < -0.4 is 0 Å². The van der Waals surface area contributed by atoms with Gasteiger partial charge in [-0.05, 0) is 39.3 Å². The normalized spacial score (nSPS) is 20.6. The zero-order valence-electron chi connectivity index (χ0n) is 9.21. The van der Waals surface area contributed by atoms with Gasteiger partial charge in [0.2, 0.25) is 0 Å². The van der Waals surface area contributed by atoms with E-state index in [2.05, 4.69) is 4.90 Å². The number of unbranched alkanes of at least 4 members (excludes halogenated alkanes) is 1. The molecule has 0 aromatic rings. The summed E-state index contributed by atoms with van der Waals surface area (Å²) in [7, 11) is 2.05. The Morgan fingerprint density at radius 3 is 2.43 bits per heavy atom. The van der Waals surface area contributed by atoms with Gasteiger partial charge in [-0.2, -0.15) is 0 Å². The van der Waals surface area contributed by atoms with Gasteiger partial charge >= 0.3 is 0 Å². The number of likely N-dealkylation sites (N-methyl/N-ethyl adjacent to an activating group) is 1. The van der Waals surface area contributed by atoms with E-state index in [9.17, 15) is 5.11 Å². The van der Waals surface area contributed by atoms with Crippen LogP contribution in [0.15, 0.2) is 0 Å². The summed E-state index contributed by atoms with van der Waals surface area (Å²) in [5.41, 5.74) is -0.423. The summed E-state index contributed by atoms with van der Waals surface area (Å²) in [6.45, 7) is 2.04. The van der Waals surface area contributed by atoms with E-state index in [1.54, 1.807) is 0 Å². The molecule has 1 saturated carbocycles. The predicted molar refractivity (Wildman–Crippen MR) is 57.2 cm³/mol. The van der Waals surface area contributed by atoms with Crippen LogP contribution in [0.25, 0.3) is 0 Å². The van der Waals surface area contributed by atoms with Crippen LogP contribution in [0.5, 0.6) is 0 Å². The third kappa shape index (κ3) is 3.95. The lowest BCUT2D eigenvalue weighted by Crippen LogP contribution is -2.39. The minimum atomic E-state index is -0.423. The van der Waals surface area contributed by atoms with E-state index >= 15 is 0 Å². The monoisotopic (exact) mass is 201 g/mol. The third-order valence-corrected chi connectivity index (χ3v) is 3.05. The Balaban J connectivity index is 2.15. The van der Waals surface area contributed by atoms with Crippen molar-refractivity contribution >= 4 is 0 Å². The van der Waals surface area contributed by atoms with Crippen LogP contribution in [0.4, 0.5) is 0 Å². The van der Waals surface area contributed by atoms with Crippen molar-refractivity contribution in [1.82, 2.24) is 4.90 Å². The molecule has 14 heavy (non-hydrogen) atoms. The van der Waals surface area contributed by atoms with E-state index in [4.69, 9.17) is 5.11 Å². The molecule has 0 aromatic heterocycles. The molecule has 0 aromatic carbocycles. The molecule has 0 unspecified atom stereocenters. The Bertz CT molecular complexity index is 155. The van der Waals surface area contributed by atoms with Gasteiger partial charge in [-0.15, -0.1) is 0 Å². The maximum Gasteiger partial charge on any atom is 0.0774 e. The number of nitrogens with zero attached hydrogens (tertiary/aromatic N) is 1. The summed E-state index contributed by atoms with van der Waals surface area (Å²) in [5, 5.41) is 18.8. The van der Waals surface area contributed by atoms with Crippen molar-refractivity contribution in [1.29, 1.82) is 0 Å². The Labute approximate surface area is 86.7 Å². The molecule has 1 aliphatic carbocycles. The van der Waals surface area contributed by atoms with E-state index < -0.39 is 5.60 Å². The molecule has 84 valence electrons. The van der Waals surface area contributed by atoms with Crippen molar-refractivity contribution in [2.45, 2.75) is 44.1 Å². The topological polar surface area (TPSA) is 43.7 Å². The van der Waals surface area contributed by atoms with Gasteiger partial charge in [-0.25, -0.2) is 0 Å². The molecule has 3 nitrogen and oxygen atoms in total. The zero-order chi connectivity index (χ0) is 10.4. The highest BCUT2D eigenvalue weighted by Crippen LogP contribution is 2.29. The SMILES string of the molecule is CN(CCCCO)CC1(O)CCCC1. The van der Waals surface area contributed by atoms with Gasteiger partial charge in [0.1, 0.15) is 0 Å². The van der Waals surface area contributed by atoms with Crippen LogP contribution in [-0.2, 0) is 0 Å². The van der Waals surface area contributed by atoms with Crippen molar-refractivity contribution in [3.8, 4) is 0 Å². The van der Waals surface area contributed by atoms with E-state index in [-0.39, 0.29) is 6.61 Å². The van der Waals surface area contributed by atoms with Crippen LogP contribution >= 0.6 is 0 Å². The minimum absolute atomic E-state index is 0.276. The number of hydrogen-bond donors (Lipinski definition) is 2. The van der Waals surface area contributed by atoms with Gasteiger partial charge in [0.05, 0.1) is 5.60 Å².